The van der Waals surface area contributed by atoms with Crippen LogP contribution in [0.25, 0.3) is 11.4 Å². The number of hydrogen-bond acceptors (Lipinski definition) is 7. The van der Waals surface area contributed by atoms with Crippen LogP contribution in [0.5, 0.6) is 11.5 Å². The van der Waals surface area contributed by atoms with E-state index in [9.17, 15) is 9.59 Å². The van der Waals surface area contributed by atoms with Crippen LogP contribution in [-0.4, -0.2) is 46.2 Å². The van der Waals surface area contributed by atoms with E-state index in [4.69, 9.17) is 15.2 Å². The number of carbonyl (C=O) groups excluding carboxylic acids is 2. The van der Waals surface area contributed by atoms with Gasteiger partial charge in [0.25, 0.3) is 0 Å². The SMILES string of the molecule is COc1ccc(-c2nnn(CC(=O)Nc3ccc(C(N)=O)cc3)n2)cc1OC. The number of methoxy groups -OCH3 is 2. The van der Waals surface area contributed by atoms with Crippen LogP contribution in [0.2, 0.25) is 0 Å². The highest BCUT2D eigenvalue weighted by Crippen LogP contribution is 2.30. The van der Waals surface area contributed by atoms with E-state index in [1.807, 2.05) is 0 Å². The monoisotopic (exact) mass is 382 g/mol. The minimum absolute atomic E-state index is 0.127. The summed E-state index contributed by atoms with van der Waals surface area (Å²) in [5, 5.41) is 14.7. The summed E-state index contributed by atoms with van der Waals surface area (Å²) in [5.41, 5.74) is 6.74. The van der Waals surface area contributed by atoms with Crippen molar-refractivity contribution < 1.29 is 19.1 Å². The first-order valence-corrected chi connectivity index (χ1v) is 8.20. The lowest BCUT2D eigenvalue weighted by atomic mass is 10.2. The summed E-state index contributed by atoms with van der Waals surface area (Å²) >= 11 is 0. The summed E-state index contributed by atoms with van der Waals surface area (Å²) in [4.78, 5) is 24.4. The summed E-state index contributed by atoms with van der Waals surface area (Å²) < 4.78 is 10.5. The maximum absolute atomic E-state index is 12.2. The van der Waals surface area contributed by atoms with E-state index in [1.165, 1.54) is 24.0 Å². The van der Waals surface area contributed by atoms with E-state index in [0.29, 0.717) is 34.1 Å². The molecule has 3 N–H and O–H groups in total. The minimum Gasteiger partial charge on any atom is -0.493 e. The summed E-state index contributed by atoms with van der Waals surface area (Å²) in [7, 11) is 3.08. The Hall–Kier alpha value is -3.95. The molecule has 144 valence electrons. The Kier molecular flexibility index (Phi) is 5.49. The molecule has 0 saturated carbocycles. The van der Waals surface area contributed by atoms with E-state index in [1.54, 1.807) is 37.4 Å². The number of ether oxygens (including phenoxy) is 2. The Morgan fingerprint density at radius 3 is 2.43 bits per heavy atom. The summed E-state index contributed by atoms with van der Waals surface area (Å²) in [6, 6.07) is 11.5. The maximum Gasteiger partial charge on any atom is 0.248 e. The van der Waals surface area contributed by atoms with Crippen molar-refractivity contribution in [1.29, 1.82) is 0 Å². The highest BCUT2D eigenvalue weighted by atomic mass is 16.5. The number of nitrogens with one attached hydrogen (secondary N) is 1. The highest BCUT2D eigenvalue weighted by molar-refractivity contribution is 5.94. The number of rotatable bonds is 7. The van der Waals surface area contributed by atoms with E-state index in [2.05, 4.69) is 20.7 Å². The van der Waals surface area contributed by atoms with Crippen LogP contribution in [0.4, 0.5) is 5.69 Å². The number of hydrogen-bond donors (Lipinski definition) is 2. The first-order chi connectivity index (χ1) is 13.5. The lowest BCUT2D eigenvalue weighted by Gasteiger charge is -2.07. The average molecular weight is 382 g/mol. The number of tetrazole rings is 1. The molecule has 28 heavy (non-hydrogen) atoms. The van der Waals surface area contributed by atoms with Crippen LogP contribution in [0.15, 0.2) is 42.5 Å². The fourth-order valence-electron chi connectivity index (χ4n) is 2.45. The number of nitrogens with two attached hydrogens (primary N) is 1. The van der Waals surface area contributed by atoms with Crippen molar-refractivity contribution in [2.24, 2.45) is 5.73 Å². The third-order valence-electron chi connectivity index (χ3n) is 3.83. The number of aromatic nitrogens is 4. The van der Waals surface area contributed by atoms with Crippen LogP contribution < -0.4 is 20.5 Å². The predicted octanol–water partition coefficient (Wildman–Crippen LogP) is 1.09. The van der Waals surface area contributed by atoms with Gasteiger partial charge in [-0.2, -0.15) is 4.80 Å². The topological polar surface area (TPSA) is 134 Å². The first kappa shape index (κ1) is 18.8. The van der Waals surface area contributed by atoms with Crippen LogP contribution in [0.3, 0.4) is 0 Å². The van der Waals surface area contributed by atoms with Crippen molar-refractivity contribution in [1.82, 2.24) is 20.2 Å². The van der Waals surface area contributed by atoms with E-state index < -0.39 is 5.91 Å². The molecular weight excluding hydrogens is 364 g/mol. The Balaban J connectivity index is 1.67. The van der Waals surface area contributed by atoms with Crippen LogP contribution >= 0.6 is 0 Å². The van der Waals surface area contributed by atoms with Gasteiger partial charge in [0.15, 0.2) is 11.5 Å². The Morgan fingerprint density at radius 1 is 1.07 bits per heavy atom. The van der Waals surface area contributed by atoms with E-state index in [0.717, 1.165) is 0 Å². The van der Waals surface area contributed by atoms with Crippen molar-refractivity contribution in [3.63, 3.8) is 0 Å². The fourth-order valence-corrected chi connectivity index (χ4v) is 2.45. The van der Waals surface area contributed by atoms with Crippen molar-refractivity contribution in [2.45, 2.75) is 6.54 Å². The molecule has 0 radical (unpaired) electrons. The number of amides is 2. The van der Waals surface area contributed by atoms with Crippen molar-refractivity contribution in [3.05, 3.63) is 48.0 Å². The molecule has 3 aromatic rings. The number of nitrogens with zero attached hydrogens (tertiary/aromatic N) is 4. The lowest BCUT2D eigenvalue weighted by Crippen LogP contribution is -2.20. The lowest BCUT2D eigenvalue weighted by molar-refractivity contribution is -0.117. The molecule has 10 heteroatoms. The van der Waals surface area contributed by atoms with Gasteiger partial charge >= 0.3 is 0 Å². The van der Waals surface area contributed by atoms with Gasteiger partial charge in [-0.05, 0) is 47.7 Å². The normalized spacial score (nSPS) is 10.4. The molecule has 2 aromatic carbocycles. The van der Waals surface area contributed by atoms with Crippen molar-refractivity contribution >= 4 is 17.5 Å². The molecule has 1 aromatic heterocycles. The Morgan fingerprint density at radius 2 is 1.79 bits per heavy atom. The first-order valence-electron chi connectivity index (χ1n) is 8.20. The van der Waals surface area contributed by atoms with Crippen LogP contribution in [0.1, 0.15) is 10.4 Å². The van der Waals surface area contributed by atoms with E-state index >= 15 is 0 Å². The molecule has 0 unspecified atom stereocenters. The van der Waals surface area contributed by atoms with Crippen molar-refractivity contribution in [3.8, 4) is 22.9 Å². The van der Waals surface area contributed by atoms with Gasteiger partial charge in [-0.25, -0.2) is 0 Å². The molecule has 2 amide bonds. The third kappa shape index (κ3) is 4.23. The molecule has 0 saturated heterocycles. The van der Waals surface area contributed by atoms with Gasteiger partial charge in [0.05, 0.1) is 14.2 Å². The predicted molar refractivity (Wildman–Crippen MR) is 99.9 cm³/mol. The third-order valence-corrected chi connectivity index (χ3v) is 3.83. The molecule has 1 heterocycles. The number of carbonyl (C=O) groups is 2. The Bertz CT molecular complexity index is 1000. The smallest absolute Gasteiger partial charge is 0.248 e. The molecule has 0 fully saturated rings. The minimum atomic E-state index is -0.535. The van der Waals surface area contributed by atoms with Gasteiger partial charge in [0.2, 0.25) is 17.6 Å². The average Bonchev–Trinajstić information content (AvgIpc) is 3.16. The molecular formula is C18H18N6O4. The molecule has 10 nitrogen and oxygen atoms in total. The summed E-state index contributed by atoms with van der Waals surface area (Å²) in [5.74, 6) is 0.587. The molecule has 3 rings (SSSR count). The Labute approximate surface area is 160 Å². The maximum atomic E-state index is 12.2. The zero-order valence-corrected chi connectivity index (χ0v) is 15.2. The van der Waals surface area contributed by atoms with Gasteiger partial charge in [-0.15, -0.1) is 10.2 Å². The van der Waals surface area contributed by atoms with Gasteiger partial charge < -0.3 is 20.5 Å². The quantitative estimate of drug-likeness (QED) is 0.625. The second-order valence-corrected chi connectivity index (χ2v) is 5.70. The zero-order chi connectivity index (χ0) is 20.1. The standard InChI is InChI=1S/C18H18N6O4/c1-27-14-8-5-12(9-15(14)28-2)18-21-23-24(22-18)10-16(25)20-13-6-3-11(4-7-13)17(19)26/h3-9H,10H2,1-2H3,(H2,19,26)(H,20,25). The second kappa shape index (κ2) is 8.16. The summed E-state index contributed by atoms with van der Waals surface area (Å²) in [6.07, 6.45) is 0. The molecule has 0 atom stereocenters. The molecule has 0 aliphatic heterocycles. The number of benzene rings is 2. The molecule has 0 spiro atoms. The number of primary amides is 1. The van der Waals surface area contributed by atoms with Crippen LogP contribution in [-0.2, 0) is 11.3 Å². The largest absolute Gasteiger partial charge is 0.493 e. The zero-order valence-electron chi connectivity index (χ0n) is 15.2. The summed E-state index contributed by atoms with van der Waals surface area (Å²) in [6.45, 7) is -0.127. The van der Waals surface area contributed by atoms with Gasteiger partial charge in [0.1, 0.15) is 6.54 Å². The van der Waals surface area contributed by atoms with Gasteiger partial charge in [0, 0.05) is 16.8 Å². The van der Waals surface area contributed by atoms with Gasteiger partial charge in [-0.3, -0.25) is 9.59 Å². The van der Waals surface area contributed by atoms with Crippen LogP contribution in [0, 0.1) is 0 Å². The fraction of sp³-hybridized carbons (Fsp3) is 0.167. The second-order valence-electron chi connectivity index (χ2n) is 5.70. The molecule has 0 aliphatic rings. The molecule has 0 bridgehead atoms. The van der Waals surface area contributed by atoms with E-state index in [-0.39, 0.29) is 12.5 Å². The highest BCUT2D eigenvalue weighted by Gasteiger charge is 2.12. The number of anilines is 1. The van der Waals surface area contributed by atoms with Gasteiger partial charge in [-0.1, -0.05) is 0 Å². The van der Waals surface area contributed by atoms with Crippen molar-refractivity contribution in [2.75, 3.05) is 19.5 Å². The molecule has 0 aliphatic carbocycles.